The Balaban J connectivity index is 2.03. The van der Waals surface area contributed by atoms with E-state index in [1.54, 1.807) is 0 Å². The van der Waals surface area contributed by atoms with Crippen LogP contribution in [-0.4, -0.2) is 5.84 Å². The zero-order valence-electron chi connectivity index (χ0n) is 15.8. The molecule has 0 saturated heterocycles. The molecule has 1 heterocycles. The smallest absolute Gasteiger partial charge is 0.240 e. The first kappa shape index (κ1) is 20.1. The molecule has 0 fully saturated rings. The van der Waals surface area contributed by atoms with Crippen LogP contribution in [0, 0.1) is 5.41 Å². The average Bonchev–Trinajstić information content (AvgIpc) is 2.99. The summed E-state index contributed by atoms with van der Waals surface area (Å²) in [5, 5.41) is 0. The van der Waals surface area contributed by atoms with E-state index in [1.807, 2.05) is 0 Å². The van der Waals surface area contributed by atoms with E-state index in [0.29, 0.717) is 5.88 Å². The maximum absolute atomic E-state index is 5.17. The molecular formula is C20H38N2O. The topological polar surface area (TPSA) is 33.6 Å². The van der Waals surface area contributed by atoms with Gasteiger partial charge < -0.3 is 4.84 Å². The summed E-state index contributed by atoms with van der Waals surface area (Å²) in [7, 11) is 0. The minimum atomic E-state index is 0.0960. The fourth-order valence-electron chi connectivity index (χ4n) is 3.18. The third-order valence-corrected chi connectivity index (χ3v) is 5.19. The lowest BCUT2D eigenvalue weighted by Crippen LogP contribution is -2.35. The van der Waals surface area contributed by atoms with Crippen LogP contribution in [-0.2, 0) is 4.84 Å². The van der Waals surface area contributed by atoms with Gasteiger partial charge >= 0.3 is 0 Å². The molecule has 0 aliphatic carbocycles. The zero-order chi connectivity index (χ0) is 17.0. The molecule has 1 atom stereocenters. The van der Waals surface area contributed by atoms with E-state index in [1.165, 1.54) is 77.0 Å². The third-order valence-electron chi connectivity index (χ3n) is 5.19. The molecule has 0 bridgehead atoms. The van der Waals surface area contributed by atoms with Gasteiger partial charge in [0.15, 0.2) is 0 Å². The van der Waals surface area contributed by atoms with Gasteiger partial charge in [-0.15, -0.1) is 0 Å². The predicted octanol–water partition coefficient (Wildman–Crippen LogP) is 6.51. The molecule has 134 valence electrons. The van der Waals surface area contributed by atoms with Crippen LogP contribution in [0.25, 0.3) is 0 Å². The van der Waals surface area contributed by atoms with Gasteiger partial charge in [0, 0.05) is 5.41 Å². The first-order chi connectivity index (χ1) is 11.1. The van der Waals surface area contributed by atoms with Gasteiger partial charge in [0.05, 0.1) is 0 Å². The summed E-state index contributed by atoms with van der Waals surface area (Å²) < 4.78 is 0. The van der Waals surface area contributed by atoms with Crippen molar-refractivity contribution in [3.63, 3.8) is 0 Å². The van der Waals surface area contributed by atoms with Gasteiger partial charge in [-0.1, -0.05) is 91.4 Å². The fourth-order valence-corrected chi connectivity index (χ4v) is 3.18. The van der Waals surface area contributed by atoms with Gasteiger partial charge in [0.25, 0.3) is 0 Å². The Bertz CT molecular complexity index is 365. The molecule has 0 aromatic carbocycles. The van der Waals surface area contributed by atoms with E-state index < -0.39 is 0 Å². The summed E-state index contributed by atoms with van der Waals surface area (Å²) in [6, 6.07) is 0. The number of unbranched alkanes of at least 4 members (excludes halogenated alkanes) is 10. The average molecular weight is 323 g/mol. The van der Waals surface area contributed by atoms with Crippen LogP contribution in [0.15, 0.2) is 17.5 Å². The fraction of sp³-hybridized carbons (Fsp3) is 0.850. The number of amidine groups is 1. The molecule has 1 aliphatic heterocycles. The van der Waals surface area contributed by atoms with Crippen LogP contribution in [0.2, 0.25) is 0 Å². The monoisotopic (exact) mass is 322 g/mol. The first-order valence-electron chi connectivity index (χ1n) is 9.83. The summed E-state index contributed by atoms with van der Waals surface area (Å²) in [4.78, 5) is 9.56. The molecule has 0 aromatic heterocycles. The van der Waals surface area contributed by atoms with Crippen molar-refractivity contribution in [3.05, 3.63) is 12.5 Å². The van der Waals surface area contributed by atoms with Gasteiger partial charge in [0.1, 0.15) is 5.84 Å². The van der Waals surface area contributed by atoms with Gasteiger partial charge in [-0.2, -0.15) is 4.99 Å². The number of nitrogens with one attached hydrogen (secondary N) is 1. The van der Waals surface area contributed by atoms with E-state index >= 15 is 0 Å². The zero-order valence-corrected chi connectivity index (χ0v) is 15.8. The summed E-state index contributed by atoms with van der Waals surface area (Å²) in [6.07, 6.45) is 17.5. The molecule has 3 nitrogen and oxygen atoms in total. The number of aliphatic imine (C=N–C) groups is 1. The predicted molar refractivity (Wildman–Crippen MR) is 100 cm³/mol. The Morgan fingerprint density at radius 1 is 0.913 bits per heavy atom. The van der Waals surface area contributed by atoms with Gasteiger partial charge in [0.2, 0.25) is 5.88 Å². The summed E-state index contributed by atoms with van der Waals surface area (Å²) in [5.41, 5.74) is 3.03. The van der Waals surface area contributed by atoms with Gasteiger partial charge in [-0.25, -0.2) is 5.48 Å². The molecule has 0 spiro atoms. The summed E-state index contributed by atoms with van der Waals surface area (Å²) >= 11 is 0. The van der Waals surface area contributed by atoms with E-state index in [4.69, 9.17) is 4.84 Å². The Hall–Kier alpha value is -0.990. The van der Waals surface area contributed by atoms with Crippen molar-refractivity contribution < 1.29 is 4.84 Å². The minimum Gasteiger partial charge on any atom is -0.361 e. The number of hydrogen-bond donors (Lipinski definition) is 1. The van der Waals surface area contributed by atoms with Crippen LogP contribution in [0.1, 0.15) is 104 Å². The SMILES string of the molecule is C=C1N=C(C(C)(CC)CCCCCCCCCCCCC)NO1. The first-order valence-corrected chi connectivity index (χ1v) is 9.83. The van der Waals surface area contributed by atoms with Crippen molar-refractivity contribution in [2.45, 2.75) is 104 Å². The van der Waals surface area contributed by atoms with Gasteiger partial charge in [-0.05, 0) is 19.4 Å². The van der Waals surface area contributed by atoms with Crippen molar-refractivity contribution in [2.75, 3.05) is 0 Å². The second-order valence-corrected chi connectivity index (χ2v) is 7.26. The lowest BCUT2D eigenvalue weighted by atomic mass is 9.81. The van der Waals surface area contributed by atoms with Crippen molar-refractivity contribution in [1.29, 1.82) is 0 Å². The maximum Gasteiger partial charge on any atom is 0.240 e. The second kappa shape index (κ2) is 11.5. The highest BCUT2D eigenvalue weighted by Gasteiger charge is 2.31. The highest BCUT2D eigenvalue weighted by molar-refractivity contribution is 5.88. The molecular weight excluding hydrogens is 284 g/mol. The lowest BCUT2D eigenvalue weighted by molar-refractivity contribution is 0.169. The van der Waals surface area contributed by atoms with Gasteiger partial charge in [-0.3, -0.25) is 0 Å². The normalized spacial score (nSPS) is 16.7. The molecule has 0 aromatic rings. The molecule has 0 saturated carbocycles. The standard InChI is InChI=1S/C20H38N2O/c1-5-7-8-9-10-11-12-13-14-15-16-17-20(4,6-2)19-21-18(3)23-22-19/h3,5-17H2,1-2,4H3,(H,21,22). The number of hydrogen-bond acceptors (Lipinski definition) is 3. The number of hydroxylamine groups is 1. The van der Waals surface area contributed by atoms with Crippen molar-refractivity contribution in [3.8, 4) is 0 Å². The van der Waals surface area contributed by atoms with E-state index in [-0.39, 0.29) is 5.41 Å². The second-order valence-electron chi connectivity index (χ2n) is 7.26. The molecule has 0 radical (unpaired) electrons. The Labute approximate surface area is 143 Å². The molecule has 1 N–H and O–H groups in total. The molecule has 1 rings (SSSR count). The van der Waals surface area contributed by atoms with Crippen LogP contribution in [0.5, 0.6) is 0 Å². The maximum atomic E-state index is 5.17. The number of nitrogens with zero attached hydrogens (tertiary/aromatic N) is 1. The molecule has 1 unspecified atom stereocenters. The number of rotatable bonds is 14. The summed E-state index contributed by atoms with van der Waals surface area (Å²) in [6.45, 7) is 10.5. The van der Waals surface area contributed by atoms with Crippen LogP contribution >= 0.6 is 0 Å². The largest absolute Gasteiger partial charge is 0.361 e. The van der Waals surface area contributed by atoms with E-state index in [0.717, 1.165) is 12.3 Å². The molecule has 23 heavy (non-hydrogen) atoms. The highest BCUT2D eigenvalue weighted by atomic mass is 16.7. The summed E-state index contributed by atoms with van der Waals surface area (Å²) in [5.74, 6) is 1.44. The van der Waals surface area contributed by atoms with Crippen LogP contribution in [0.4, 0.5) is 0 Å². The minimum absolute atomic E-state index is 0.0960. The quantitative estimate of drug-likeness (QED) is 0.370. The highest BCUT2D eigenvalue weighted by Crippen LogP contribution is 2.32. The molecule has 0 amide bonds. The molecule has 3 heteroatoms. The Morgan fingerprint density at radius 2 is 1.43 bits per heavy atom. The van der Waals surface area contributed by atoms with Crippen molar-refractivity contribution in [2.24, 2.45) is 10.4 Å². The Kier molecular flexibility index (Phi) is 10.1. The van der Waals surface area contributed by atoms with Crippen molar-refractivity contribution >= 4 is 5.84 Å². The lowest BCUT2D eigenvalue weighted by Gasteiger charge is -2.27. The van der Waals surface area contributed by atoms with Crippen LogP contribution in [0.3, 0.4) is 0 Å². The molecule has 1 aliphatic rings. The van der Waals surface area contributed by atoms with Crippen molar-refractivity contribution in [1.82, 2.24) is 5.48 Å². The van der Waals surface area contributed by atoms with Crippen LogP contribution < -0.4 is 5.48 Å². The van der Waals surface area contributed by atoms with E-state index in [9.17, 15) is 0 Å². The Morgan fingerprint density at radius 3 is 1.87 bits per heavy atom. The van der Waals surface area contributed by atoms with E-state index in [2.05, 4.69) is 37.8 Å². The third kappa shape index (κ3) is 7.90.